The molecule has 0 heterocycles. The maximum Gasteiger partial charge on any atom is 0.119 e. The van der Waals surface area contributed by atoms with E-state index in [1.807, 2.05) is 37.3 Å². The van der Waals surface area contributed by atoms with Gasteiger partial charge in [0.25, 0.3) is 0 Å². The van der Waals surface area contributed by atoms with Crippen molar-refractivity contribution < 1.29 is 4.74 Å². The zero-order valence-corrected chi connectivity index (χ0v) is 9.65. The number of ether oxygens (including phenoxy) is 1. The van der Waals surface area contributed by atoms with Crippen molar-refractivity contribution in [3.63, 3.8) is 0 Å². The Morgan fingerprint density at radius 3 is 2.62 bits per heavy atom. The standard InChI is InChI=1S/C13H18N2O/c1-2-13(15,11-14)9-6-10-16-12-7-4-3-5-8-12/h3-5,7-8H,2,6,9-10,15H2,1H3. The predicted molar refractivity (Wildman–Crippen MR) is 64.0 cm³/mol. The van der Waals surface area contributed by atoms with Gasteiger partial charge in [-0.15, -0.1) is 0 Å². The fraction of sp³-hybridized carbons (Fsp3) is 0.462. The Morgan fingerprint density at radius 1 is 1.38 bits per heavy atom. The largest absolute Gasteiger partial charge is 0.494 e. The molecule has 86 valence electrons. The molecule has 0 saturated carbocycles. The van der Waals surface area contributed by atoms with Gasteiger partial charge in [-0.2, -0.15) is 5.26 Å². The molecule has 0 bridgehead atoms. The van der Waals surface area contributed by atoms with Gasteiger partial charge in [0.1, 0.15) is 11.3 Å². The molecule has 3 heteroatoms. The highest BCUT2D eigenvalue weighted by molar-refractivity contribution is 5.20. The molecule has 0 aromatic heterocycles. The quantitative estimate of drug-likeness (QED) is 0.746. The highest BCUT2D eigenvalue weighted by atomic mass is 16.5. The van der Waals surface area contributed by atoms with E-state index in [-0.39, 0.29) is 0 Å². The average Bonchev–Trinajstić information content (AvgIpc) is 2.36. The lowest BCUT2D eigenvalue weighted by molar-refractivity contribution is 0.291. The van der Waals surface area contributed by atoms with E-state index in [4.69, 9.17) is 15.7 Å². The van der Waals surface area contributed by atoms with Crippen molar-refractivity contribution in [2.75, 3.05) is 6.61 Å². The first kappa shape index (κ1) is 12.5. The van der Waals surface area contributed by atoms with Crippen LogP contribution in [0.25, 0.3) is 0 Å². The maximum absolute atomic E-state index is 8.89. The molecule has 0 saturated heterocycles. The van der Waals surface area contributed by atoms with E-state index in [1.165, 1.54) is 0 Å². The van der Waals surface area contributed by atoms with Crippen molar-refractivity contribution in [3.8, 4) is 11.8 Å². The van der Waals surface area contributed by atoms with Crippen molar-refractivity contribution in [1.29, 1.82) is 5.26 Å². The van der Waals surface area contributed by atoms with E-state index in [2.05, 4.69) is 6.07 Å². The fourth-order valence-electron chi connectivity index (χ4n) is 1.41. The van der Waals surface area contributed by atoms with Gasteiger partial charge >= 0.3 is 0 Å². The summed E-state index contributed by atoms with van der Waals surface area (Å²) in [5, 5.41) is 8.89. The van der Waals surface area contributed by atoms with Crippen molar-refractivity contribution in [2.45, 2.75) is 31.7 Å². The van der Waals surface area contributed by atoms with E-state index in [1.54, 1.807) is 0 Å². The van der Waals surface area contributed by atoms with Gasteiger partial charge in [-0.1, -0.05) is 25.1 Å². The lowest BCUT2D eigenvalue weighted by atomic mass is 9.94. The number of rotatable bonds is 6. The molecule has 0 aliphatic carbocycles. The Hall–Kier alpha value is -1.53. The van der Waals surface area contributed by atoms with Crippen LogP contribution in [-0.2, 0) is 0 Å². The second kappa shape index (κ2) is 6.14. The van der Waals surface area contributed by atoms with Crippen molar-refractivity contribution >= 4 is 0 Å². The van der Waals surface area contributed by atoms with Crippen molar-refractivity contribution in [3.05, 3.63) is 30.3 Å². The molecule has 1 aromatic rings. The average molecular weight is 218 g/mol. The van der Waals surface area contributed by atoms with E-state index < -0.39 is 5.54 Å². The molecule has 0 spiro atoms. The Labute approximate surface area is 96.8 Å². The van der Waals surface area contributed by atoms with Crippen LogP contribution in [-0.4, -0.2) is 12.1 Å². The number of para-hydroxylation sites is 1. The molecule has 0 aliphatic heterocycles. The van der Waals surface area contributed by atoms with Gasteiger partial charge in [0.15, 0.2) is 0 Å². The van der Waals surface area contributed by atoms with Crippen LogP contribution in [0, 0.1) is 11.3 Å². The van der Waals surface area contributed by atoms with E-state index in [0.29, 0.717) is 19.4 Å². The Kier molecular flexibility index (Phi) is 4.81. The third-order valence-electron chi connectivity index (χ3n) is 2.63. The van der Waals surface area contributed by atoms with Gasteiger partial charge in [-0.3, -0.25) is 0 Å². The highest BCUT2D eigenvalue weighted by Gasteiger charge is 2.20. The third kappa shape index (κ3) is 3.92. The molecule has 16 heavy (non-hydrogen) atoms. The summed E-state index contributed by atoms with van der Waals surface area (Å²) in [7, 11) is 0. The molecule has 2 N–H and O–H groups in total. The summed E-state index contributed by atoms with van der Waals surface area (Å²) in [5.41, 5.74) is 5.16. The molecule has 1 atom stereocenters. The number of nitriles is 1. The Balaban J connectivity index is 2.25. The minimum atomic E-state index is -0.694. The van der Waals surface area contributed by atoms with Crippen LogP contribution in [0.3, 0.4) is 0 Å². The van der Waals surface area contributed by atoms with Crippen LogP contribution in [0.5, 0.6) is 5.75 Å². The third-order valence-corrected chi connectivity index (χ3v) is 2.63. The second-order valence-electron chi connectivity index (χ2n) is 3.89. The van der Waals surface area contributed by atoms with Crippen LogP contribution < -0.4 is 10.5 Å². The van der Waals surface area contributed by atoms with Crippen LogP contribution in [0.2, 0.25) is 0 Å². The van der Waals surface area contributed by atoms with Crippen LogP contribution in [0.4, 0.5) is 0 Å². The minimum Gasteiger partial charge on any atom is -0.494 e. The number of hydrogen-bond donors (Lipinski definition) is 1. The molecule has 0 fully saturated rings. The number of nitrogens with zero attached hydrogens (tertiary/aromatic N) is 1. The van der Waals surface area contributed by atoms with E-state index >= 15 is 0 Å². The number of hydrogen-bond acceptors (Lipinski definition) is 3. The smallest absolute Gasteiger partial charge is 0.119 e. The topological polar surface area (TPSA) is 59.0 Å². The first-order valence-corrected chi connectivity index (χ1v) is 5.58. The van der Waals surface area contributed by atoms with E-state index in [0.717, 1.165) is 12.2 Å². The summed E-state index contributed by atoms with van der Waals surface area (Å²) < 4.78 is 5.53. The normalized spacial score (nSPS) is 13.8. The molecule has 0 aliphatic rings. The summed E-state index contributed by atoms with van der Waals surface area (Å²) in [6.45, 7) is 2.53. The van der Waals surface area contributed by atoms with Gasteiger partial charge in [0.05, 0.1) is 12.7 Å². The zero-order valence-electron chi connectivity index (χ0n) is 9.65. The van der Waals surface area contributed by atoms with Gasteiger partial charge in [0, 0.05) is 0 Å². The Morgan fingerprint density at radius 2 is 2.06 bits per heavy atom. The van der Waals surface area contributed by atoms with Gasteiger partial charge in [-0.25, -0.2) is 0 Å². The summed E-state index contributed by atoms with van der Waals surface area (Å²) >= 11 is 0. The summed E-state index contributed by atoms with van der Waals surface area (Å²) in [6, 6.07) is 11.8. The lowest BCUT2D eigenvalue weighted by Crippen LogP contribution is -2.37. The molecular formula is C13H18N2O. The fourth-order valence-corrected chi connectivity index (χ4v) is 1.41. The molecule has 1 rings (SSSR count). The highest BCUT2D eigenvalue weighted by Crippen LogP contribution is 2.14. The monoisotopic (exact) mass is 218 g/mol. The SMILES string of the molecule is CCC(N)(C#N)CCCOc1ccccc1. The molecule has 3 nitrogen and oxygen atoms in total. The number of benzene rings is 1. The minimum absolute atomic E-state index is 0.602. The second-order valence-corrected chi connectivity index (χ2v) is 3.89. The van der Waals surface area contributed by atoms with Gasteiger partial charge in [0.2, 0.25) is 0 Å². The summed E-state index contributed by atoms with van der Waals surface area (Å²) in [6.07, 6.45) is 2.15. The van der Waals surface area contributed by atoms with E-state index in [9.17, 15) is 0 Å². The Bertz CT molecular complexity index is 345. The molecule has 0 amide bonds. The number of nitrogens with two attached hydrogens (primary N) is 1. The van der Waals surface area contributed by atoms with Crippen molar-refractivity contribution in [2.24, 2.45) is 5.73 Å². The molecule has 0 radical (unpaired) electrons. The van der Waals surface area contributed by atoms with Crippen LogP contribution >= 0.6 is 0 Å². The van der Waals surface area contributed by atoms with Crippen molar-refractivity contribution in [1.82, 2.24) is 0 Å². The zero-order chi connectivity index (χ0) is 11.9. The van der Waals surface area contributed by atoms with Gasteiger partial charge < -0.3 is 10.5 Å². The molecule has 1 unspecified atom stereocenters. The van der Waals surface area contributed by atoms with Crippen LogP contribution in [0.1, 0.15) is 26.2 Å². The molecular weight excluding hydrogens is 200 g/mol. The predicted octanol–water partition coefficient (Wildman–Crippen LogP) is 2.48. The first-order valence-electron chi connectivity index (χ1n) is 5.58. The van der Waals surface area contributed by atoms with Gasteiger partial charge in [-0.05, 0) is 31.4 Å². The molecule has 1 aromatic carbocycles. The maximum atomic E-state index is 8.89. The van der Waals surface area contributed by atoms with Crippen LogP contribution in [0.15, 0.2) is 30.3 Å². The summed E-state index contributed by atoms with van der Waals surface area (Å²) in [4.78, 5) is 0. The summed E-state index contributed by atoms with van der Waals surface area (Å²) in [5.74, 6) is 0.860. The lowest BCUT2D eigenvalue weighted by Gasteiger charge is -2.18. The first-order chi connectivity index (χ1) is 7.70.